The molecule has 0 heterocycles. The molecule has 0 unspecified atom stereocenters. The van der Waals surface area contributed by atoms with E-state index in [2.05, 4.69) is 16.1 Å². The van der Waals surface area contributed by atoms with Gasteiger partial charge in [0.1, 0.15) is 0 Å². The second kappa shape index (κ2) is 9.20. The van der Waals surface area contributed by atoms with E-state index in [9.17, 15) is 13.2 Å². The van der Waals surface area contributed by atoms with Crippen LogP contribution in [-0.4, -0.2) is 27.4 Å². The first-order valence-corrected chi connectivity index (χ1v) is 10.0. The van der Waals surface area contributed by atoms with Crippen molar-refractivity contribution in [2.45, 2.75) is 43.4 Å². The SMILES string of the molecule is O=C(CCNS(=O)(=O)c1ccc(Cl)cc1)NCCC1=CCCCC1. The molecule has 5 nitrogen and oxygen atoms in total. The highest BCUT2D eigenvalue weighted by molar-refractivity contribution is 7.89. The summed E-state index contributed by atoms with van der Waals surface area (Å²) < 4.78 is 26.5. The third-order valence-corrected chi connectivity index (χ3v) is 5.65. The van der Waals surface area contributed by atoms with Crippen molar-refractivity contribution in [3.8, 4) is 0 Å². The molecule has 0 saturated heterocycles. The van der Waals surface area contributed by atoms with E-state index in [1.165, 1.54) is 42.7 Å². The zero-order chi connectivity index (χ0) is 17.4. The van der Waals surface area contributed by atoms with Crippen LogP contribution >= 0.6 is 11.6 Å². The Hall–Kier alpha value is -1.37. The molecule has 0 saturated carbocycles. The van der Waals surface area contributed by atoms with Gasteiger partial charge >= 0.3 is 0 Å². The van der Waals surface area contributed by atoms with Gasteiger partial charge in [-0.15, -0.1) is 0 Å². The highest BCUT2D eigenvalue weighted by atomic mass is 35.5. The minimum atomic E-state index is -3.61. The maximum absolute atomic E-state index is 12.1. The molecule has 1 aromatic rings. The zero-order valence-electron chi connectivity index (χ0n) is 13.6. The van der Waals surface area contributed by atoms with E-state index in [1.807, 2.05) is 0 Å². The van der Waals surface area contributed by atoms with E-state index < -0.39 is 10.0 Å². The fourth-order valence-electron chi connectivity index (χ4n) is 2.58. The summed E-state index contributed by atoms with van der Waals surface area (Å²) in [7, 11) is -3.61. The number of sulfonamides is 1. The lowest BCUT2D eigenvalue weighted by Gasteiger charge is -2.13. The highest BCUT2D eigenvalue weighted by Gasteiger charge is 2.14. The number of nitrogens with one attached hydrogen (secondary N) is 2. The van der Waals surface area contributed by atoms with Crippen molar-refractivity contribution in [1.82, 2.24) is 10.0 Å². The number of carbonyl (C=O) groups is 1. The Morgan fingerprint density at radius 1 is 1.12 bits per heavy atom. The van der Waals surface area contributed by atoms with Gasteiger partial charge in [-0.2, -0.15) is 0 Å². The summed E-state index contributed by atoms with van der Waals surface area (Å²) in [5, 5.41) is 3.30. The fraction of sp³-hybridized carbons (Fsp3) is 0.471. The van der Waals surface area contributed by atoms with E-state index >= 15 is 0 Å². The smallest absolute Gasteiger partial charge is 0.240 e. The summed E-state index contributed by atoms with van der Waals surface area (Å²) in [6.07, 6.45) is 7.99. The molecular formula is C17H23ClN2O3S. The summed E-state index contributed by atoms with van der Waals surface area (Å²) in [6.45, 7) is 0.675. The molecule has 1 aliphatic rings. The van der Waals surface area contributed by atoms with Crippen molar-refractivity contribution >= 4 is 27.5 Å². The van der Waals surface area contributed by atoms with Crippen molar-refractivity contribution < 1.29 is 13.2 Å². The van der Waals surface area contributed by atoms with Gasteiger partial charge in [0, 0.05) is 24.5 Å². The van der Waals surface area contributed by atoms with Crippen molar-refractivity contribution in [3.63, 3.8) is 0 Å². The molecule has 1 amide bonds. The third-order valence-electron chi connectivity index (χ3n) is 3.92. The van der Waals surface area contributed by atoms with Crippen LogP contribution in [0.4, 0.5) is 0 Å². The van der Waals surface area contributed by atoms with E-state index in [0.717, 1.165) is 19.3 Å². The number of rotatable bonds is 8. The Morgan fingerprint density at radius 3 is 2.54 bits per heavy atom. The molecule has 0 aliphatic heterocycles. The molecule has 0 fully saturated rings. The van der Waals surface area contributed by atoms with E-state index in [4.69, 9.17) is 11.6 Å². The summed E-state index contributed by atoms with van der Waals surface area (Å²) in [4.78, 5) is 11.9. The molecule has 7 heteroatoms. The summed E-state index contributed by atoms with van der Waals surface area (Å²) in [5.41, 5.74) is 1.41. The first-order chi connectivity index (χ1) is 11.5. The first-order valence-electron chi connectivity index (χ1n) is 8.17. The summed E-state index contributed by atoms with van der Waals surface area (Å²) in [5.74, 6) is -0.148. The molecule has 1 aromatic carbocycles. The standard InChI is InChI=1S/C17H23ClN2O3S/c18-15-6-8-16(9-7-15)24(22,23)20-13-11-17(21)19-12-10-14-4-2-1-3-5-14/h4,6-9,20H,1-3,5,10-13H2,(H,19,21). The van der Waals surface area contributed by atoms with Crippen molar-refractivity contribution in [2.24, 2.45) is 0 Å². The molecule has 0 atom stereocenters. The van der Waals surface area contributed by atoms with Gasteiger partial charge in [0.2, 0.25) is 15.9 Å². The summed E-state index contributed by atoms with van der Waals surface area (Å²) in [6, 6.07) is 5.90. The highest BCUT2D eigenvalue weighted by Crippen LogP contribution is 2.19. The lowest BCUT2D eigenvalue weighted by atomic mass is 9.97. The van der Waals surface area contributed by atoms with Gasteiger partial charge in [-0.3, -0.25) is 4.79 Å². The molecule has 24 heavy (non-hydrogen) atoms. The Labute approximate surface area is 148 Å². The molecule has 0 aromatic heterocycles. The van der Waals surface area contributed by atoms with Crippen LogP contribution in [0.3, 0.4) is 0 Å². The number of hydrogen-bond donors (Lipinski definition) is 2. The van der Waals surface area contributed by atoms with Gasteiger partial charge in [0.15, 0.2) is 0 Å². The molecule has 2 N–H and O–H groups in total. The van der Waals surface area contributed by atoms with Crippen LogP contribution in [0.5, 0.6) is 0 Å². The van der Waals surface area contributed by atoms with Gasteiger partial charge in [-0.25, -0.2) is 13.1 Å². The predicted octanol–water partition coefficient (Wildman–Crippen LogP) is 3.02. The molecule has 132 valence electrons. The van der Waals surface area contributed by atoms with Crippen molar-refractivity contribution in [1.29, 1.82) is 0 Å². The Morgan fingerprint density at radius 2 is 1.88 bits per heavy atom. The zero-order valence-corrected chi connectivity index (χ0v) is 15.1. The second-order valence-electron chi connectivity index (χ2n) is 5.81. The average molecular weight is 371 g/mol. The van der Waals surface area contributed by atoms with Crippen LogP contribution in [0.15, 0.2) is 40.8 Å². The Balaban J connectivity index is 1.68. The van der Waals surface area contributed by atoms with Gasteiger partial charge in [-0.05, 0) is 56.4 Å². The number of halogens is 1. The van der Waals surface area contributed by atoms with Crippen molar-refractivity contribution in [3.05, 3.63) is 40.9 Å². The largest absolute Gasteiger partial charge is 0.356 e. The molecular weight excluding hydrogens is 348 g/mol. The Bertz CT molecular complexity index is 684. The third kappa shape index (κ3) is 6.26. The number of allylic oxidation sites excluding steroid dienone is 1. The predicted molar refractivity (Wildman–Crippen MR) is 95.4 cm³/mol. The molecule has 0 radical (unpaired) electrons. The van der Waals surface area contributed by atoms with Crippen LogP contribution in [0.25, 0.3) is 0 Å². The minimum absolute atomic E-state index is 0.0689. The quantitative estimate of drug-likeness (QED) is 0.690. The van der Waals surface area contributed by atoms with E-state index in [-0.39, 0.29) is 23.8 Å². The van der Waals surface area contributed by atoms with Crippen LogP contribution in [0, 0.1) is 0 Å². The maximum Gasteiger partial charge on any atom is 0.240 e. The Kier molecular flexibility index (Phi) is 7.27. The van der Waals surface area contributed by atoms with Crippen LogP contribution < -0.4 is 10.0 Å². The average Bonchev–Trinajstić information content (AvgIpc) is 2.56. The number of hydrogen-bond acceptors (Lipinski definition) is 3. The number of amides is 1. The fourth-order valence-corrected chi connectivity index (χ4v) is 3.74. The van der Waals surface area contributed by atoms with Gasteiger partial charge in [-0.1, -0.05) is 23.3 Å². The minimum Gasteiger partial charge on any atom is -0.356 e. The number of benzene rings is 1. The summed E-state index contributed by atoms with van der Waals surface area (Å²) >= 11 is 5.74. The number of carbonyl (C=O) groups excluding carboxylic acids is 1. The monoisotopic (exact) mass is 370 g/mol. The second-order valence-corrected chi connectivity index (χ2v) is 8.01. The van der Waals surface area contributed by atoms with Gasteiger partial charge in [0.25, 0.3) is 0 Å². The van der Waals surface area contributed by atoms with E-state index in [0.29, 0.717) is 11.6 Å². The first kappa shape index (κ1) is 19.0. The molecule has 2 rings (SSSR count). The van der Waals surface area contributed by atoms with Gasteiger partial charge < -0.3 is 5.32 Å². The lowest BCUT2D eigenvalue weighted by Crippen LogP contribution is -2.31. The molecule has 1 aliphatic carbocycles. The van der Waals surface area contributed by atoms with Crippen LogP contribution in [0.2, 0.25) is 5.02 Å². The normalized spacial score (nSPS) is 15.0. The maximum atomic E-state index is 12.1. The van der Waals surface area contributed by atoms with Crippen LogP contribution in [-0.2, 0) is 14.8 Å². The lowest BCUT2D eigenvalue weighted by molar-refractivity contribution is -0.120. The van der Waals surface area contributed by atoms with Crippen LogP contribution in [0.1, 0.15) is 38.5 Å². The molecule has 0 bridgehead atoms. The topological polar surface area (TPSA) is 75.3 Å². The van der Waals surface area contributed by atoms with E-state index in [1.54, 1.807) is 0 Å². The molecule has 0 spiro atoms. The van der Waals surface area contributed by atoms with Gasteiger partial charge in [0.05, 0.1) is 4.90 Å². The van der Waals surface area contributed by atoms with Crippen molar-refractivity contribution in [2.75, 3.05) is 13.1 Å².